The van der Waals surface area contributed by atoms with Gasteiger partial charge in [0.2, 0.25) is 11.7 Å². The summed E-state index contributed by atoms with van der Waals surface area (Å²) in [7, 11) is 3.95. The van der Waals surface area contributed by atoms with Gasteiger partial charge in [-0.2, -0.15) is 0 Å². The highest BCUT2D eigenvalue weighted by molar-refractivity contribution is 7.99. The molecule has 2 aromatic rings. The lowest BCUT2D eigenvalue weighted by atomic mass is 9.80. The minimum atomic E-state index is -1.10. The minimum absolute atomic E-state index is 0. The van der Waals surface area contributed by atoms with E-state index in [1.54, 1.807) is 12.1 Å². The number of carbonyl (C=O) groups is 3. The van der Waals surface area contributed by atoms with Crippen molar-refractivity contribution in [1.82, 2.24) is 25.7 Å². The summed E-state index contributed by atoms with van der Waals surface area (Å²) in [6, 6.07) is 8.19. The second-order valence-corrected chi connectivity index (χ2v) is 11.4. The van der Waals surface area contributed by atoms with Crippen molar-refractivity contribution < 1.29 is 23.5 Å². The first-order chi connectivity index (χ1) is 18.2. The highest BCUT2D eigenvalue weighted by Gasteiger charge is 2.43. The van der Waals surface area contributed by atoms with Gasteiger partial charge in [0.1, 0.15) is 11.3 Å². The molecule has 10 nitrogen and oxygen atoms in total. The zero-order valence-corrected chi connectivity index (χ0v) is 24.7. The molecule has 1 aliphatic rings. The van der Waals surface area contributed by atoms with E-state index in [-0.39, 0.29) is 42.6 Å². The van der Waals surface area contributed by atoms with Gasteiger partial charge in [-0.3, -0.25) is 14.4 Å². The van der Waals surface area contributed by atoms with Crippen LogP contribution >= 0.6 is 24.2 Å². The van der Waals surface area contributed by atoms with E-state index in [4.69, 9.17) is 9.15 Å². The monoisotopic (exact) mass is 581 g/mol. The fraction of sp³-hybridized carbons (Fsp3) is 0.593. The van der Waals surface area contributed by atoms with Gasteiger partial charge in [0.05, 0.1) is 6.04 Å². The largest absolute Gasteiger partial charge is 0.484 e. The lowest BCUT2D eigenvalue weighted by molar-refractivity contribution is -0.136. The van der Waals surface area contributed by atoms with Gasteiger partial charge < -0.3 is 24.7 Å². The number of nitrogens with one attached hydrogen (secondary N) is 2. The van der Waals surface area contributed by atoms with Crippen LogP contribution in [0.2, 0.25) is 0 Å². The maximum atomic E-state index is 13.7. The van der Waals surface area contributed by atoms with Crippen LogP contribution in [-0.4, -0.2) is 77.3 Å². The second kappa shape index (κ2) is 15.8. The molecular weight excluding hydrogens is 542 g/mol. The Bertz CT molecular complexity index is 1060. The molecule has 1 atom stereocenters. The third kappa shape index (κ3) is 10.1. The second-order valence-electron chi connectivity index (χ2n) is 10.3. The van der Waals surface area contributed by atoms with E-state index in [0.29, 0.717) is 30.2 Å². The molecule has 1 fully saturated rings. The molecule has 0 spiro atoms. The average molecular weight is 582 g/mol. The Morgan fingerprint density at radius 2 is 1.79 bits per heavy atom. The minimum Gasteiger partial charge on any atom is -0.484 e. The van der Waals surface area contributed by atoms with Crippen molar-refractivity contribution in [3.05, 3.63) is 36.2 Å². The van der Waals surface area contributed by atoms with Crippen LogP contribution in [0.15, 0.2) is 40.0 Å². The molecule has 0 bridgehead atoms. The number of aromatic nitrogens is 2. The van der Waals surface area contributed by atoms with Gasteiger partial charge in [-0.25, -0.2) is 0 Å². The van der Waals surface area contributed by atoms with Crippen molar-refractivity contribution in [2.75, 3.05) is 33.0 Å². The van der Waals surface area contributed by atoms with Crippen molar-refractivity contribution in [3.63, 3.8) is 0 Å². The quantitative estimate of drug-likeness (QED) is 0.253. The van der Waals surface area contributed by atoms with Gasteiger partial charge in [0.25, 0.3) is 17.0 Å². The zero-order chi connectivity index (χ0) is 27.5. The number of carbonyl (C=O) groups excluding carboxylic acids is 3. The van der Waals surface area contributed by atoms with Gasteiger partial charge in [0.15, 0.2) is 6.61 Å². The number of amides is 2. The predicted octanol–water partition coefficient (Wildman–Crippen LogP) is 3.76. The summed E-state index contributed by atoms with van der Waals surface area (Å²) >= 11 is 1.38. The number of Topliss-reactive ketones (excluding diaryl/α,β-unsaturated/α-hetero) is 1. The molecule has 1 aliphatic carbocycles. The summed E-state index contributed by atoms with van der Waals surface area (Å²) < 4.78 is 11.2. The van der Waals surface area contributed by atoms with Gasteiger partial charge in [-0.1, -0.05) is 63.1 Å². The molecule has 0 radical (unpaired) electrons. The van der Waals surface area contributed by atoms with Gasteiger partial charge >= 0.3 is 0 Å². The number of ether oxygens (including phenoxy) is 1. The van der Waals surface area contributed by atoms with E-state index in [0.717, 1.165) is 31.6 Å². The molecule has 2 N–H and O–H groups in total. The Hall–Kier alpha value is -2.63. The molecular formula is C27H40ClN5O5S. The Balaban J connectivity index is 0.00000533. The molecule has 1 heterocycles. The van der Waals surface area contributed by atoms with Crippen LogP contribution in [0.25, 0.3) is 0 Å². The molecule has 1 unspecified atom stereocenters. The summed E-state index contributed by atoms with van der Waals surface area (Å²) in [5.41, 5.74) is -1.10. The number of rotatable bonds is 14. The summed E-state index contributed by atoms with van der Waals surface area (Å²) in [4.78, 5) is 41.9. The van der Waals surface area contributed by atoms with E-state index in [1.165, 1.54) is 11.8 Å². The summed E-state index contributed by atoms with van der Waals surface area (Å²) in [6.45, 7) is 4.57. The third-order valence-electron chi connectivity index (χ3n) is 6.34. The van der Waals surface area contributed by atoms with Gasteiger partial charge in [-0.15, -0.1) is 22.6 Å². The van der Waals surface area contributed by atoms with Crippen LogP contribution in [0.3, 0.4) is 0 Å². The number of benzene rings is 1. The third-order valence-corrected chi connectivity index (χ3v) is 7.14. The Morgan fingerprint density at radius 3 is 2.44 bits per heavy atom. The van der Waals surface area contributed by atoms with Crippen LogP contribution in [0.5, 0.6) is 5.75 Å². The van der Waals surface area contributed by atoms with Gasteiger partial charge in [-0.05, 0) is 51.4 Å². The van der Waals surface area contributed by atoms with E-state index in [2.05, 4.69) is 20.8 Å². The normalized spacial score (nSPS) is 15.3. The molecule has 2 amide bonds. The highest BCUT2D eigenvalue weighted by atomic mass is 35.5. The van der Waals surface area contributed by atoms with Crippen LogP contribution < -0.4 is 15.4 Å². The first kappa shape index (κ1) is 32.6. The number of nitrogens with zero attached hydrogens (tertiary/aromatic N) is 3. The van der Waals surface area contributed by atoms with E-state index >= 15 is 0 Å². The smallest absolute Gasteiger partial charge is 0.286 e. The maximum absolute atomic E-state index is 13.7. The van der Waals surface area contributed by atoms with Crippen molar-refractivity contribution in [3.8, 4) is 5.75 Å². The molecule has 39 heavy (non-hydrogen) atoms. The predicted molar refractivity (Wildman–Crippen MR) is 152 cm³/mol. The topological polar surface area (TPSA) is 127 Å². The summed E-state index contributed by atoms with van der Waals surface area (Å²) in [5, 5.41) is 14.1. The number of halogens is 1. The standard InChI is InChI=1S/C27H39N5O5S.ClH/c1-19(2)17-21(23(34)24-30-31-26(37-24)38-16-15-32(3)4)28-25(35)27(13-9-6-10-14-27)29-22(33)18-36-20-11-7-5-8-12-20;/h5,7-8,11-12,19,21H,6,9-10,13-18H2,1-4H3,(H,28,35)(H,29,33);1H. The molecule has 0 aliphatic heterocycles. The van der Waals surface area contributed by atoms with Crippen molar-refractivity contribution in [2.45, 2.75) is 69.2 Å². The molecule has 1 saturated carbocycles. The summed E-state index contributed by atoms with van der Waals surface area (Å²) in [5.74, 6) is 0.136. The van der Waals surface area contributed by atoms with Crippen molar-refractivity contribution >= 4 is 41.8 Å². The molecule has 1 aromatic heterocycles. The molecule has 3 rings (SSSR count). The van der Waals surface area contributed by atoms with E-state index in [1.807, 2.05) is 51.0 Å². The average Bonchev–Trinajstić information content (AvgIpc) is 3.36. The van der Waals surface area contributed by atoms with Crippen LogP contribution in [0, 0.1) is 5.92 Å². The number of hydrogen-bond acceptors (Lipinski definition) is 9. The van der Waals surface area contributed by atoms with Crippen molar-refractivity contribution in [2.24, 2.45) is 5.92 Å². The highest BCUT2D eigenvalue weighted by Crippen LogP contribution is 2.29. The number of para-hydroxylation sites is 1. The van der Waals surface area contributed by atoms with Crippen molar-refractivity contribution in [1.29, 1.82) is 0 Å². The van der Waals surface area contributed by atoms with E-state index in [9.17, 15) is 14.4 Å². The Kier molecular flexibility index (Phi) is 13.2. The zero-order valence-electron chi connectivity index (χ0n) is 23.1. The Labute approximate surface area is 240 Å². The molecule has 12 heteroatoms. The van der Waals surface area contributed by atoms with Gasteiger partial charge in [0, 0.05) is 12.3 Å². The number of ketones is 1. The van der Waals surface area contributed by atoms with E-state index < -0.39 is 17.4 Å². The fourth-order valence-electron chi connectivity index (χ4n) is 4.36. The number of thioether (sulfide) groups is 1. The fourth-order valence-corrected chi connectivity index (χ4v) is 5.23. The maximum Gasteiger partial charge on any atom is 0.286 e. The molecule has 216 valence electrons. The first-order valence-corrected chi connectivity index (χ1v) is 14.1. The molecule has 0 saturated heterocycles. The Morgan fingerprint density at radius 1 is 1.10 bits per heavy atom. The summed E-state index contributed by atoms with van der Waals surface area (Å²) in [6.07, 6.45) is 3.96. The number of hydrogen-bond donors (Lipinski definition) is 2. The molecule has 1 aromatic carbocycles. The van der Waals surface area contributed by atoms with Crippen LogP contribution in [0.4, 0.5) is 0 Å². The lowest BCUT2D eigenvalue weighted by Gasteiger charge is -2.37. The first-order valence-electron chi connectivity index (χ1n) is 13.1. The SMILES string of the molecule is CC(C)CC(NC(=O)C1(NC(=O)COc2ccccc2)CCCCC1)C(=O)c1nnc(SCCN(C)C)o1.Cl. The van der Waals surface area contributed by atoms with Crippen LogP contribution in [0.1, 0.15) is 63.1 Å². The van der Waals surface area contributed by atoms with Crippen LogP contribution in [-0.2, 0) is 9.59 Å². The lowest BCUT2D eigenvalue weighted by Crippen LogP contribution is -2.62.